The fourth-order valence-electron chi connectivity index (χ4n) is 1.88. The monoisotopic (exact) mass is 405 g/mol. The zero-order chi connectivity index (χ0) is 21.1. The predicted octanol–water partition coefficient (Wildman–Crippen LogP) is -2.48. The maximum absolute atomic E-state index is 12.3. The molecule has 0 saturated carbocycles. The quantitative estimate of drug-likeness (QED) is 0.205. The highest BCUT2D eigenvalue weighted by Gasteiger charge is 2.28. The average Bonchev–Trinajstić information content (AvgIpc) is 2.56. The van der Waals surface area contributed by atoms with E-state index in [0.29, 0.717) is 5.75 Å². The number of nitrogens with two attached hydrogens (primary N) is 2. The standard InChI is InChI=1S/C15H27N5O6S/c1-7(16)12(22)20-10(6-11(17)21)14(24)18-8(2)13(23)19-9(15(25)26)4-5-27-3/h7-10H,4-6,16H2,1-3H3,(H2,17,21)(H,18,24)(H,19,23)(H,20,22)(H,25,26). The van der Waals surface area contributed by atoms with Crippen molar-refractivity contribution in [2.24, 2.45) is 11.5 Å². The Hall–Kier alpha value is -2.34. The molecule has 0 aliphatic heterocycles. The van der Waals surface area contributed by atoms with Crippen molar-refractivity contribution in [3.63, 3.8) is 0 Å². The number of thioether (sulfide) groups is 1. The highest BCUT2D eigenvalue weighted by atomic mass is 32.2. The Balaban J connectivity index is 4.93. The summed E-state index contributed by atoms with van der Waals surface area (Å²) in [6, 6.07) is -4.41. The third-order valence-corrected chi connectivity index (χ3v) is 4.07. The van der Waals surface area contributed by atoms with Crippen molar-refractivity contribution in [1.82, 2.24) is 16.0 Å². The van der Waals surface area contributed by atoms with Gasteiger partial charge in [0.1, 0.15) is 18.1 Å². The average molecular weight is 405 g/mol. The van der Waals surface area contributed by atoms with E-state index in [1.54, 1.807) is 6.26 Å². The van der Waals surface area contributed by atoms with Gasteiger partial charge in [0, 0.05) is 0 Å². The van der Waals surface area contributed by atoms with E-state index in [2.05, 4.69) is 16.0 Å². The Morgan fingerprint density at radius 3 is 1.96 bits per heavy atom. The van der Waals surface area contributed by atoms with Gasteiger partial charge in [-0.1, -0.05) is 0 Å². The van der Waals surface area contributed by atoms with Crippen LogP contribution in [0.3, 0.4) is 0 Å². The first-order valence-corrected chi connectivity index (χ1v) is 9.55. The molecule has 4 atom stereocenters. The van der Waals surface area contributed by atoms with Gasteiger partial charge in [-0.05, 0) is 32.3 Å². The van der Waals surface area contributed by atoms with Crippen LogP contribution in [0.2, 0.25) is 0 Å². The molecule has 11 nitrogen and oxygen atoms in total. The molecule has 0 spiro atoms. The van der Waals surface area contributed by atoms with Crippen LogP contribution in [-0.4, -0.2) is 70.9 Å². The summed E-state index contributed by atoms with van der Waals surface area (Å²) in [7, 11) is 0. The molecule has 0 aromatic carbocycles. The zero-order valence-electron chi connectivity index (χ0n) is 15.5. The number of carbonyl (C=O) groups is 5. The van der Waals surface area contributed by atoms with Gasteiger partial charge in [0.2, 0.25) is 23.6 Å². The van der Waals surface area contributed by atoms with E-state index in [-0.39, 0.29) is 6.42 Å². The molecule has 0 radical (unpaired) electrons. The van der Waals surface area contributed by atoms with Gasteiger partial charge in [-0.25, -0.2) is 4.79 Å². The Morgan fingerprint density at radius 2 is 1.52 bits per heavy atom. The lowest BCUT2D eigenvalue weighted by atomic mass is 10.1. The van der Waals surface area contributed by atoms with Gasteiger partial charge in [-0.15, -0.1) is 0 Å². The number of hydrogen-bond acceptors (Lipinski definition) is 7. The van der Waals surface area contributed by atoms with E-state index in [4.69, 9.17) is 16.6 Å². The molecular weight excluding hydrogens is 378 g/mol. The molecule has 0 rings (SSSR count). The van der Waals surface area contributed by atoms with Gasteiger partial charge in [-0.3, -0.25) is 19.2 Å². The minimum atomic E-state index is -1.30. The van der Waals surface area contributed by atoms with Crippen LogP contribution in [0, 0.1) is 0 Å². The first-order valence-electron chi connectivity index (χ1n) is 8.16. The predicted molar refractivity (Wildman–Crippen MR) is 99.6 cm³/mol. The Bertz CT molecular complexity index is 571. The fraction of sp³-hybridized carbons (Fsp3) is 0.667. The van der Waals surface area contributed by atoms with Crippen LogP contribution in [0.15, 0.2) is 0 Å². The van der Waals surface area contributed by atoms with Gasteiger partial charge in [-0.2, -0.15) is 11.8 Å². The molecule has 8 N–H and O–H groups in total. The van der Waals surface area contributed by atoms with Crippen molar-refractivity contribution in [1.29, 1.82) is 0 Å². The third kappa shape index (κ3) is 9.80. The Kier molecular flexibility index (Phi) is 11.1. The number of aliphatic carboxylic acids is 1. The van der Waals surface area contributed by atoms with Crippen LogP contribution in [-0.2, 0) is 24.0 Å². The summed E-state index contributed by atoms with van der Waals surface area (Å²) in [6.45, 7) is 2.74. The first-order chi connectivity index (χ1) is 12.5. The SMILES string of the molecule is CSCCC(NC(=O)C(C)NC(=O)C(CC(N)=O)NC(=O)C(C)N)C(=O)O. The first kappa shape index (κ1) is 24.7. The van der Waals surface area contributed by atoms with E-state index in [0.717, 1.165) is 0 Å². The van der Waals surface area contributed by atoms with Crippen molar-refractivity contribution in [2.45, 2.75) is 50.9 Å². The highest BCUT2D eigenvalue weighted by molar-refractivity contribution is 7.98. The summed E-state index contributed by atoms with van der Waals surface area (Å²) in [5, 5.41) is 16.0. The van der Waals surface area contributed by atoms with Crippen molar-refractivity contribution in [2.75, 3.05) is 12.0 Å². The molecule has 0 aromatic rings. The summed E-state index contributed by atoms with van der Waals surface area (Å²) in [5.74, 6) is -3.69. The van der Waals surface area contributed by atoms with Gasteiger partial charge >= 0.3 is 5.97 Å². The minimum Gasteiger partial charge on any atom is -0.480 e. The molecule has 0 aliphatic rings. The van der Waals surface area contributed by atoms with Crippen molar-refractivity contribution in [3.05, 3.63) is 0 Å². The molecule has 4 amide bonds. The van der Waals surface area contributed by atoms with Crippen LogP contribution in [0.4, 0.5) is 0 Å². The van der Waals surface area contributed by atoms with Gasteiger partial charge < -0.3 is 32.5 Å². The fourth-order valence-corrected chi connectivity index (χ4v) is 2.35. The topological polar surface area (TPSA) is 194 Å². The summed E-state index contributed by atoms with van der Waals surface area (Å²) in [6.07, 6.45) is 1.54. The second-order valence-electron chi connectivity index (χ2n) is 5.93. The summed E-state index contributed by atoms with van der Waals surface area (Å²) in [4.78, 5) is 58.4. The van der Waals surface area contributed by atoms with E-state index >= 15 is 0 Å². The highest BCUT2D eigenvalue weighted by Crippen LogP contribution is 2.02. The number of primary amides is 1. The van der Waals surface area contributed by atoms with Gasteiger partial charge in [0.25, 0.3) is 0 Å². The third-order valence-electron chi connectivity index (χ3n) is 3.43. The van der Waals surface area contributed by atoms with Crippen LogP contribution in [0.25, 0.3) is 0 Å². The Morgan fingerprint density at radius 1 is 0.963 bits per heavy atom. The molecule has 0 bridgehead atoms. The number of amides is 4. The van der Waals surface area contributed by atoms with Crippen molar-refractivity contribution in [3.8, 4) is 0 Å². The minimum absolute atomic E-state index is 0.220. The molecule has 0 heterocycles. The lowest BCUT2D eigenvalue weighted by Crippen LogP contribution is -2.56. The summed E-state index contributed by atoms with van der Waals surface area (Å²) < 4.78 is 0. The molecule has 0 saturated heterocycles. The second-order valence-corrected chi connectivity index (χ2v) is 6.92. The number of hydrogen-bond donors (Lipinski definition) is 6. The number of carbonyl (C=O) groups excluding carboxylic acids is 4. The lowest BCUT2D eigenvalue weighted by Gasteiger charge is -2.22. The number of carboxylic acids is 1. The van der Waals surface area contributed by atoms with Crippen molar-refractivity contribution >= 4 is 41.4 Å². The van der Waals surface area contributed by atoms with Crippen LogP contribution >= 0.6 is 11.8 Å². The van der Waals surface area contributed by atoms with Crippen molar-refractivity contribution < 1.29 is 29.1 Å². The summed E-state index contributed by atoms with van der Waals surface area (Å²) in [5.41, 5.74) is 10.5. The second kappa shape index (κ2) is 12.1. The molecule has 12 heteroatoms. The van der Waals surface area contributed by atoms with Crippen LogP contribution in [0.5, 0.6) is 0 Å². The molecule has 0 aliphatic carbocycles. The molecule has 27 heavy (non-hydrogen) atoms. The van der Waals surface area contributed by atoms with Gasteiger partial charge in [0.05, 0.1) is 12.5 Å². The molecule has 0 aromatic heterocycles. The molecule has 4 unspecified atom stereocenters. The molecule has 0 fully saturated rings. The maximum Gasteiger partial charge on any atom is 0.326 e. The van der Waals surface area contributed by atoms with E-state index in [1.165, 1.54) is 25.6 Å². The van der Waals surface area contributed by atoms with E-state index in [9.17, 15) is 24.0 Å². The Labute approximate surface area is 161 Å². The number of nitrogens with one attached hydrogen (secondary N) is 3. The molecule has 154 valence electrons. The lowest BCUT2D eigenvalue weighted by molar-refractivity contribution is -0.142. The molecular formula is C15H27N5O6S. The largest absolute Gasteiger partial charge is 0.480 e. The van der Waals surface area contributed by atoms with E-state index in [1.807, 2.05) is 0 Å². The number of carboxylic acid groups (broad SMARTS) is 1. The zero-order valence-corrected chi connectivity index (χ0v) is 16.3. The maximum atomic E-state index is 12.3. The van der Waals surface area contributed by atoms with Crippen LogP contribution < -0.4 is 27.4 Å². The van der Waals surface area contributed by atoms with E-state index < -0.39 is 60.2 Å². The number of rotatable bonds is 12. The normalized spacial score (nSPS) is 15.0. The van der Waals surface area contributed by atoms with Gasteiger partial charge in [0.15, 0.2) is 0 Å². The smallest absolute Gasteiger partial charge is 0.326 e. The summed E-state index contributed by atoms with van der Waals surface area (Å²) >= 11 is 1.43. The van der Waals surface area contributed by atoms with Crippen LogP contribution in [0.1, 0.15) is 26.7 Å².